The summed E-state index contributed by atoms with van der Waals surface area (Å²) < 4.78 is 0. The third kappa shape index (κ3) is 2.91. The fourth-order valence-electron chi connectivity index (χ4n) is 11.0. The van der Waals surface area contributed by atoms with Crippen LogP contribution in [0.15, 0.2) is 11.6 Å². The number of allylic oxidation sites excluding steroid dienone is 1. The van der Waals surface area contributed by atoms with Gasteiger partial charge in [0, 0.05) is 11.3 Å². The van der Waals surface area contributed by atoms with Crippen molar-refractivity contribution in [2.45, 2.75) is 111 Å². The molecule has 12 atom stereocenters. The lowest BCUT2D eigenvalue weighted by atomic mass is 9.33. The van der Waals surface area contributed by atoms with Crippen molar-refractivity contribution in [3.8, 4) is 0 Å². The Morgan fingerprint density at radius 1 is 1.00 bits per heavy atom. The molecule has 5 N–H and O–H groups in total. The van der Waals surface area contributed by atoms with Crippen LogP contribution in [0.25, 0.3) is 0 Å². The van der Waals surface area contributed by atoms with E-state index >= 15 is 0 Å². The smallest absolute Gasteiger partial charge is 0.310 e. The zero-order chi connectivity index (χ0) is 26.7. The van der Waals surface area contributed by atoms with Crippen molar-refractivity contribution < 1.29 is 30.3 Å². The van der Waals surface area contributed by atoms with Crippen LogP contribution in [0.5, 0.6) is 0 Å². The van der Waals surface area contributed by atoms with Crippen LogP contribution < -0.4 is 0 Å². The van der Waals surface area contributed by atoms with Crippen molar-refractivity contribution in [1.82, 2.24) is 0 Å². The Hall–Kier alpha value is -0.950. The van der Waals surface area contributed by atoms with Gasteiger partial charge in [0.2, 0.25) is 0 Å². The molecule has 0 aromatic heterocycles. The monoisotopic (exact) mass is 504 g/mol. The minimum atomic E-state index is -1.09. The minimum absolute atomic E-state index is 0.0252. The molecule has 5 aliphatic rings. The summed E-state index contributed by atoms with van der Waals surface area (Å²) in [5, 5.41) is 54.8. The van der Waals surface area contributed by atoms with Crippen LogP contribution in [-0.2, 0) is 4.79 Å². The molecule has 6 nitrogen and oxygen atoms in total. The molecule has 5 aliphatic carbocycles. The standard InChI is InChI=1S/C30H48O6/c1-17-9-12-30(24(34)35)14-13-27(4)18(22(30)29(17,6)36)7-8-21-25(2)15-19(32)23(33)26(3,16-31)20(25)10-11-28(21,27)5/h7,17,19-23,31-33,36H,8-16H2,1-6H3,(H,34,35)/t17-,19-,20?,21?,22?,23?,25?,26+,27-,28?,29-,30?/m1/s1. The van der Waals surface area contributed by atoms with Crippen LogP contribution in [0.1, 0.15) is 92.9 Å². The first kappa shape index (κ1) is 26.6. The quantitative estimate of drug-likeness (QED) is 0.361. The summed E-state index contributed by atoms with van der Waals surface area (Å²) in [5.41, 5.74) is -2.28. The van der Waals surface area contributed by atoms with E-state index in [-0.39, 0.29) is 40.6 Å². The molecular weight excluding hydrogens is 456 g/mol. The predicted molar refractivity (Wildman–Crippen MR) is 137 cm³/mol. The number of carboxylic acids is 1. The number of hydrogen-bond acceptors (Lipinski definition) is 5. The molecule has 204 valence electrons. The fraction of sp³-hybridized carbons (Fsp3) is 0.900. The van der Waals surface area contributed by atoms with Crippen molar-refractivity contribution in [3.05, 3.63) is 11.6 Å². The van der Waals surface area contributed by atoms with Gasteiger partial charge in [-0.2, -0.15) is 0 Å². The van der Waals surface area contributed by atoms with Crippen LogP contribution in [0.4, 0.5) is 0 Å². The average Bonchev–Trinajstić information content (AvgIpc) is 2.80. The number of aliphatic carboxylic acids is 1. The SMILES string of the molecule is C[C@@H]1CCC2(C(=O)O)CC[C@]3(C)C(=CCC4C5(C)C[C@@H](O)C(O)[C@@](C)(CO)C5CCC43C)C2[C@]1(C)O. The summed E-state index contributed by atoms with van der Waals surface area (Å²) in [4.78, 5) is 12.8. The van der Waals surface area contributed by atoms with Crippen molar-refractivity contribution >= 4 is 5.97 Å². The average molecular weight is 505 g/mol. The van der Waals surface area contributed by atoms with E-state index in [0.717, 1.165) is 37.7 Å². The minimum Gasteiger partial charge on any atom is -0.481 e. The van der Waals surface area contributed by atoms with E-state index in [1.165, 1.54) is 0 Å². The molecule has 4 saturated carbocycles. The van der Waals surface area contributed by atoms with Gasteiger partial charge in [0.15, 0.2) is 0 Å². The Morgan fingerprint density at radius 2 is 1.67 bits per heavy atom. The molecule has 0 saturated heterocycles. The molecule has 6 heteroatoms. The van der Waals surface area contributed by atoms with Crippen LogP contribution in [0, 0.1) is 50.7 Å². The number of carbonyl (C=O) groups is 1. The highest BCUT2D eigenvalue weighted by Gasteiger charge is 2.72. The second-order valence-electron chi connectivity index (χ2n) is 14.7. The van der Waals surface area contributed by atoms with Gasteiger partial charge < -0.3 is 25.5 Å². The molecule has 5 rings (SSSR count). The van der Waals surface area contributed by atoms with Gasteiger partial charge in [0.25, 0.3) is 0 Å². The maximum atomic E-state index is 12.8. The normalized spacial score (nSPS) is 58.6. The molecule has 7 unspecified atom stereocenters. The zero-order valence-corrected chi connectivity index (χ0v) is 23.0. The van der Waals surface area contributed by atoms with Crippen LogP contribution in [0.3, 0.4) is 0 Å². The summed E-state index contributed by atoms with van der Waals surface area (Å²) in [7, 11) is 0. The summed E-state index contributed by atoms with van der Waals surface area (Å²) in [6.45, 7) is 12.6. The molecule has 0 heterocycles. The van der Waals surface area contributed by atoms with Crippen LogP contribution in [0.2, 0.25) is 0 Å². The van der Waals surface area contributed by atoms with E-state index in [2.05, 4.69) is 33.8 Å². The third-order valence-corrected chi connectivity index (χ3v) is 13.6. The second-order valence-corrected chi connectivity index (χ2v) is 14.7. The molecule has 36 heavy (non-hydrogen) atoms. The Kier molecular flexibility index (Phi) is 5.77. The van der Waals surface area contributed by atoms with Gasteiger partial charge >= 0.3 is 5.97 Å². The van der Waals surface area contributed by atoms with E-state index in [1.54, 1.807) is 0 Å². The van der Waals surface area contributed by atoms with Crippen LogP contribution >= 0.6 is 0 Å². The summed E-state index contributed by atoms with van der Waals surface area (Å²) in [6, 6.07) is 0. The molecule has 0 aromatic rings. The fourth-order valence-corrected chi connectivity index (χ4v) is 11.0. The largest absolute Gasteiger partial charge is 0.481 e. The highest BCUT2D eigenvalue weighted by Crippen LogP contribution is 2.76. The molecule has 0 spiro atoms. The van der Waals surface area contributed by atoms with Gasteiger partial charge in [-0.15, -0.1) is 0 Å². The molecule has 0 bridgehead atoms. The molecule has 0 aliphatic heterocycles. The summed E-state index contributed by atoms with van der Waals surface area (Å²) >= 11 is 0. The van der Waals surface area contributed by atoms with Crippen molar-refractivity contribution in [2.24, 2.45) is 50.7 Å². The Labute approximate surface area is 216 Å². The molecule has 0 radical (unpaired) electrons. The van der Waals surface area contributed by atoms with Crippen molar-refractivity contribution in [1.29, 1.82) is 0 Å². The van der Waals surface area contributed by atoms with Gasteiger partial charge in [-0.3, -0.25) is 4.79 Å². The van der Waals surface area contributed by atoms with E-state index in [9.17, 15) is 30.3 Å². The summed E-state index contributed by atoms with van der Waals surface area (Å²) in [6.07, 6.45) is 6.20. The molecule has 0 aromatic carbocycles. The second kappa shape index (κ2) is 7.80. The van der Waals surface area contributed by atoms with Crippen molar-refractivity contribution in [3.63, 3.8) is 0 Å². The predicted octanol–water partition coefficient (Wildman–Crippen LogP) is 4.15. The lowest BCUT2D eigenvalue weighted by Gasteiger charge is -2.72. The van der Waals surface area contributed by atoms with E-state index < -0.39 is 40.5 Å². The van der Waals surface area contributed by atoms with Crippen LogP contribution in [-0.4, -0.2) is 55.9 Å². The maximum absolute atomic E-state index is 12.8. The Morgan fingerprint density at radius 3 is 2.28 bits per heavy atom. The third-order valence-electron chi connectivity index (χ3n) is 13.6. The lowest BCUT2D eigenvalue weighted by molar-refractivity contribution is -0.247. The molecular formula is C30H48O6. The number of rotatable bonds is 2. The van der Waals surface area contributed by atoms with E-state index in [0.29, 0.717) is 19.3 Å². The summed E-state index contributed by atoms with van der Waals surface area (Å²) in [5.74, 6) is -0.834. The lowest BCUT2D eigenvalue weighted by Crippen LogP contribution is -2.69. The molecule has 0 amide bonds. The topological polar surface area (TPSA) is 118 Å². The van der Waals surface area contributed by atoms with Crippen molar-refractivity contribution in [2.75, 3.05) is 6.61 Å². The molecule has 4 fully saturated rings. The Balaban J connectivity index is 1.65. The highest BCUT2D eigenvalue weighted by atomic mass is 16.4. The number of fused-ring (bicyclic) bond motifs is 7. The van der Waals surface area contributed by atoms with Gasteiger partial charge in [-0.25, -0.2) is 0 Å². The first-order valence-electron chi connectivity index (χ1n) is 14.2. The van der Waals surface area contributed by atoms with E-state index in [4.69, 9.17) is 0 Å². The Bertz CT molecular complexity index is 974. The number of hydrogen-bond donors (Lipinski definition) is 5. The number of aliphatic hydroxyl groups is 4. The van der Waals surface area contributed by atoms with E-state index in [1.807, 2.05) is 13.8 Å². The first-order valence-corrected chi connectivity index (χ1v) is 14.2. The maximum Gasteiger partial charge on any atom is 0.310 e. The number of carboxylic acid groups (broad SMARTS) is 1. The number of aliphatic hydroxyl groups excluding tert-OH is 3. The zero-order valence-electron chi connectivity index (χ0n) is 23.0. The van der Waals surface area contributed by atoms with Gasteiger partial charge in [-0.1, -0.05) is 46.3 Å². The van der Waals surface area contributed by atoms with Gasteiger partial charge in [0.1, 0.15) is 0 Å². The first-order chi connectivity index (χ1) is 16.6. The van der Waals surface area contributed by atoms with Gasteiger partial charge in [0.05, 0.1) is 29.8 Å². The highest BCUT2D eigenvalue weighted by molar-refractivity contribution is 5.77. The van der Waals surface area contributed by atoms with Gasteiger partial charge in [-0.05, 0) is 92.3 Å².